The fourth-order valence-electron chi connectivity index (χ4n) is 0. The van der Waals surface area contributed by atoms with Gasteiger partial charge in [-0.2, -0.15) is 15.8 Å². The average molecular weight is 1070 g/mol. The zero-order valence-corrected chi connectivity index (χ0v) is 27.8. The molecule has 0 heterocycles. The summed E-state index contributed by atoms with van der Waals surface area (Å²) in [6.45, 7) is 16.3. The molecule has 0 aliphatic carbocycles. The summed E-state index contributed by atoms with van der Waals surface area (Å²) in [5.41, 5.74) is 0. The third-order valence-corrected chi connectivity index (χ3v) is 0. The molecular formula is C17H48BI6N3-. The van der Waals surface area contributed by atoms with Crippen molar-refractivity contribution in [3.05, 3.63) is 0 Å². The van der Waals surface area contributed by atoms with Gasteiger partial charge in [-0.05, 0) is 0 Å². The average Bonchev–Trinajstić information content (AvgIpc) is 2.50. The van der Waals surface area contributed by atoms with Crippen LogP contribution in [0.1, 0.15) is 99.4 Å². The van der Waals surface area contributed by atoms with Gasteiger partial charge < -0.3 is 0 Å². The number of hydrogen-bond acceptors (Lipinski definition) is 3. The van der Waals surface area contributed by atoms with Crippen molar-refractivity contribution >= 4 is 107 Å². The molecule has 0 aromatic carbocycles. The topological polar surface area (TPSA) is 71.4 Å². The van der Waals surface area contributed by atoms with Gasteiger partial charge in [-0.3, -0.25) is 0 Å². The van der Waals surface area contributed by atoms with Crippen LogP contribution in [0, 0.1) is 34.0 Å². The SMILES string of the molecule is C.C.C.C.C.CC.CC.CC.CC#N.CC#N.CC#N.I.II.I[I-]I.[B]. The van der Waals surface area contributed by atoms with E-state index in [9.17, 15) is 0 Å². The van der Waals surface area contributed by atoms with Gasteiger partial charge in [0.25, 0.3) is 0 Å². The number of rotatable bonds is 0. The van der Waals surface area contributed by atoms with Gasteiger partial charge in [-0.1, -0.05) is 78.7 Å². The predicted molar refractivity (Wildman–Crippen MR) is 179 cm³/mol. The van der Waals surface area contributed by atoms with Crippen LogP contribution >= 0.6 is 98.4 Å². The standard InChI is InChI=1S/3C2H3N.3C2H6.5CH4.B.I3.I2.HI/c3*1-2-3;3*1-2;;;;;;;1-3-2;1-2;/h3*1H3;3*1-2H3;5*1H4;;;;1H/q;;;;;;;;;;;;-1;;. The Kier molecular flexibility index (Phi) is 1960. The molecule has 177 valence electrons. The molecule has 27 heavy (non-hydrogen) atoms. The molecule has 3 nitrogen and oxygen atoms in total. The fraction of sp³-hybridized carbons (Fsp3) is 0.824. The van der Waals surface area contributed by atoms with Gasteiger partial charge >= 0.3 is 50.5 Å². The van der Waals surface area contributed by atoms with Crippen molar-refractivity contribution in [3.63, 3.8) is 0 Å². The summed E-state index contributed by atoms with van der Waals surface area (Å²) in [7, 11) is 0. The molecule has 0 fully saturated rings. The largest absolute Gasteiger partial charge is 0 e. The van der Waals surface area contributed by atoms with Gasteiger partial charge in [-0.25, -0.2) is 0 Å². The van der Waals surface area contributed by atoms with Crippen LogP contribution < -0.4 is 13.3 Å². The van der Waals surface area contributed by atoms with Crippen LogP contribution in [0.4, 0.5) is 0 Å². The van der Waals surface area contributed by atoms with Crippen molar-refractivity contribution in [1.82, 2.24) is 0 Å². The van der Waals surface area contributed by atoms with E-state index in [1.807, 2.05) is 41.5 Å². The summed E-state index contributed by atoms with van der Waals surface area (Å²) in [5, 5.41) is 22.0. The van der Waals surface area contributed by atoms with Gasteiger partial charge in [0.15, 0.2) is 0 Å². The van der Waals surface area contributed by atoms with E-state index in [0.29, 0.717) is 13.3 Å². The van der Waals surface area contributed by atoms with E-state index in [2.05, 4.69) is 74.5 Å². The third kappa shape index (κ3) is 2470. The van der Waals surface area contributed by atoms with E-state index < -0.39 is 0 Å². The first-order valence-corrected chi connectivity index (χ1v) is 24.5. The summed E-state index contributed by atoms with van der Waals surface area (Å²) < 4.78 is 0. The molecule has 0 unspecified atom stereocenters. The van der Waals surface area contributed by atoms with Crippen molar-refractivity contribution in [3.8, 4) is 18.2 Å². The van der Waals surface area contributed by atoms with Gasteiger partial charge in [-0.15, -0.1) is 24.0 Å². The second-order valence-corrected chi connectivity index (χ2v) is 17.0. The van der Waals surface area contributed by atoms with Crippen LogP contribution in [-0.4, -0.2) is 8.41 Å². The third-order valence-electron chi connectivity index (χ3n) is 0. The monoisotopic (exact) mass is 1070 g/mol. The summed E-state index contributed by atoms with van der Waals surface area (Å²) in [4.78, 5) is 0. The maximum atomic E-state index is 7.32. The molecule has 0 saturated carbocycles. The van der Waals surface area contributed by atoms with Gasteiger partial charge in [0.05, 0.1) is 18.2 Å². The minimum atomic E-state index is 0. The number of hydrogen-bond donors (Lipinski definition) is 0. The Morgan fingerprint density at radius 3 is 0.556 bits per heavy atom. The van der Waals surface area contributed by atoms with Crippen molar-refractivity contribution in [2.45, 2.75) is 99.4 Å². The second-order valence-electron chi connectivity index (χ2n) is 0.725. The molecule has 10 heteroatoms. The maximum absolute atomic E-state index is 7.32. The Morgan fingerprint density at radius 1 is 0.556 bits per heavy atom. The molecule has 0 N–H and O–H groups in total. The van der Waals surface area contributed by atoms with Gasteiger partial charge in [0.2, 0.25) is 0 Å². The van der Waals surface area contributed by atoms with Crippen molar-refractivity contribution in [2.24, 2.45) is 0 Å². The van der Waals surface area contributed by atoms with Crippen LogP contribution in [0.2, 0.25) is 0 Å². The van der Waals surface area contributed by atoms with E-state index in [1.165, 1.54) is 20.8 Å². The zero-order chi connectivity index (χ0) is 18.8. The first-order chi connectivity index (χ1) is 9.66. The molecule has 0 atom stereocenters. The van der Waals surface area contributed by atoms with E-state index >= 15 is 0 Å². The molecule has 0 aliphatic rings. The molecule has 0 amide bonds. The smallest absolute Gasteiger partial charge is 0 e. The van der Waals surface area contributed by atoms with E-state index in [1.54, 1.807) is 18.2 Å². The predicted octanol–water partition coefficient (Wildman–Crippen LogP) is 8.63. The normalized spacial score (nSPS) is 2.59. The van der Waals surface area contributed by atoms with Crippen LogP contribution in [0.5, 0.6) is 0 Å². The zero-order valence-electron chi connectivity index (χ0n) is 14.7. The van der Waals surface area contributed by atoms with Crippen LogP contribution in [0.25, 0.3) is 0 Å². The number of halogens is 6. The van der Waals surface area contributed by atoms with Crippen LogP contribution in [-0.2, 0) is 0 Å². The first kappa shape index (κ1) is 112. The minimum Gasteiger partial charge on any atom is 0 e. The number of nitrogens with zero attached hydrogens (tertiary/aromatic N) is 3. The van der Waals surface area contributed by atoms with E-state index in [4.69, 9.17) is 15.8 Å². The number of nitriles is 3. The van der Waals surface area contributed by atoms with Crippen molar-refractivity contribution < 1.29 is 13.3 Å². The Bertz CT molecular complexity index is 143. The molecule has 0 bridgehead atoms. The summed E-state index contributed by atoms with van der Waals surface area (Å²) in [6, 6.07) is 5.25. The Balaban J connectivity index is -0.00000000455. The first-order valence-electron chi connectivity index (χ1n) is 5.60. The van der Waals surface area contributed by atoms with Gasteiger partial charge in [0, 0.05) is 66.4 Å². The summed E-state index contributed by atoms with van der Waals surface area (Å²) >= 11 is 9.54. The quantitative estimate of drug-likeness (QED) is 0.180. The molecular weight excluding hydrogens is 1020 g/mol. The molecule has 0 aliphatic heterocycles. The molecule has 0 rings (SSSR count). The molecule has 0 spiro atoms. The van der Waals surface area contributed by atoms with Crippen LogP contribution in [0.15, 0.2) is 0 Å². The summed E-state index contributed by atoms with van der Waals surface area (Å²) in [5.74, 6) is 0. The maximum Gasteiger partial charge on any atom is 0 e. The summed E-state index contributed by atoms with van der Waals surface area (Å²) in [6.07, 6.45) is 0. The Hall–Kier alpha value is 2.91. The minimum absolute atomic E-state index is 0. The fourth-order valence-corrected chi connectivity index (χ4v) is 0. The Labute approximate surface area is 249 Å². The van der Waals surface area contributed by atoms with E-state index in [0.717, 1.165) is 0 Å². The van der Waals surface area contributed by atoms with Gasteiger partial charge in [0.1, 0.15) is 0 Å². The Morgan fingerprint density at radius 2 is 0.556 bits per heavy atom. The molecule has 0 aromatic heterocycles. The molecule has 3 radical (unpaired) electrons. The molecule has 0 aromatic rings. The van der Waals surface area contributed by atoms with Crippen molar-refractivity contribution in [2.75, 3.05) is 0 Å². The van der Waals surface area contributed by atoms with E-state index in [-0.39, 0.29) is 69.5 Å². The van der Waals surface area contributed by atoms with Crippen LogP contribution in [0.3, 0.4) is 0 Å². The van der Waals surface area contributed by atoms with Crippen molar-refractivity contribution in [1.29, 1.82) is 15.8 Å². The molecule has 0 saturated heterocycles. The second kappa shape index (κ2) is 471.